The molecule has 0 radical (unpaired) electrons. The van der Waals surface area contributed by atoms with Gasteiger partial charge in [0.2, 0.25) is 0 Å². The van der Waals surface area contributed by atoms with Crippen molar-refractivity contribution in [3.8, 4) is 0 Å². The van der Waals surface area contributed by atoms with Crippen molar-refractivity contribution in [1.82, 2.24) is 4.98 Å². The Hall–Kier alpha value is -1.17. The minimum absolute atomic E-state index is 0.253. The van der Waals surface area contributed by atoms with Gasteiger partial charge in [0.1, 0.15) is 0 Å². The van der Waals surface area contributed by atoms with E-state index in [0.717, 1.165) is 45.6 Å². The van der Waals surface area contributed by atoms with Crippen LogP contribution in [0.5, 0.6) is 0 Å². The van der Waals surface area contributed by atoms with Crippen LogP contribution in [0.15, 0.2) is 29.0 Å². The lowest BCUT2D eigenvalue weighted by Gasteiger charge is -2.39. The normalized spacial score (nSPS) is 22.8. The van der Waals surface area contributed by atoms with Crippen LogP contribution in [0, 0.1) is 5.92 Å². The number of benzene rings is 1. The van der Waals surface area contributed by atoms with Crippen molar-refractivity contribution < 1.29 is 9.47 Å². The summed E-state index contributed by atoms with van der Waals surface area (Å²) < 4.78 is 13.0. The molecule has 4 nitrogen and oxygen atoms in total. The third kappa shape index (κ3) is 2.77. The SMILES string of the molecule is Brc1ccc2cncc3c2c1N(CC1CCC2(CC1)OCCO2)CC3. The van der Waals surface area contributed by atoms with Crippen LogP contribution in [0.25, 0.3) is 10.8 Å². The Morgan fingerprint density at radius 3 is 2.76 bits per heavy atom. The molecule has 1 aromatic heterocycles. The van der Waals surface area contributed by atoms with Crippen molar-refractivity contribution in [1.29, 1.82) is 0 Å². The molecule has 0 unspecified atom stereocenters. The van der Waals surface area contributed by atoms with Gasteiger partial charge in [-0.1, -0.05) is 6.07 Å². The quantitative estimate of drug-likeness (QED) is 0.749. The van der Waals surface area contributed by atoms with Gasteiger partial charge in [-0.15, -0.1) is 0 Å². The lowest BCUT2D eigenvalue weighted by atomic mass is 9.84. The molecule has 1 aromatic carbocycles. The van der Waals surface area contributed by atoms with E-state index in [2.05, 4.69) is 37.9 Å². The van der Waals surface area contributed by atoms with Crippen LogP contribution in [-0.4, -0.2) is 37.1 Å². The molecule has 2 aliphatic heterocycles. The monoisotopic (exact) mass is 402 g/mol. The summed E-state index contributed by atoms with van der Waals surface area (Å²) in [5.74, 6) is 0.459. The van der Waals surface area contributed by atoms with Gasteiger partial charge in [0.05, 0.1) is 18.9 Å². The molecule has 0 bridgehead atoms. The van der Waals surface area contributed by atoms with E-state index in [-0.39, 0.29) is 5.79 Å². The fourth-order valence-corrected chi connectivity index (χ4v) is 5.33. The van der Waals surface area contributed by atoms with Gasteiger partial charge in [0, 0.05) is 53.6 Å². The zero-order valence-corrected chi connectivity index (χ0v) is 15.9. The summed E-state index contributed by atoms with van der Waals surface area (Å²) in [6.45, 7) is 3.72. The van der Waals surface area contributed by atoms with Gasteiger partial charge in [0.25, 0.3) is 0 Å². The zero-order chi connectivity index (χ0) is 16.9. The number of nitrogens with zero attached hydrogens (tertiary/aromatic N) is 2. The molecule has 1 aliphatic carbocycles. The zero-order valence-electron chi connectivity index (χ0n) is 14.3. The number of anilines is 1. The summed E-state index contributed by atoms with van der Waals surface area (Å²) in [6, 6.07) is 4.33. The predicted molar refractivity (Wildman–Crippen MR) is 102 cm³/mol. The van der Waals surface area contributed by atoms with Crippen molar-refractivity contribution in [2.24, 2.45) is 5.92 Å². The molecule has 1 saturated heterocycles. The van der Waals surface area contributed by atoms with E-state index in [4.69, 9.17) is 9.47 Å². The number of hydrogen-bond acceptors (Lipinski definition) is 4. The highest BCUT2D eigenvalue weighted by Gasteiger charge is 2.40. The van der Waals surface area contributed by atoms with Gasteiger partial charge >= 0.3 is 0 Å². The second kappa shape index (κ2) is 6.22. The van der Waals surface area contributed by atoms with Gasteiger partial charge in [-0.3, -0.25) is 4.98 Å². The Kier molecular flexibility index (Phi) is 3.99. The fourth-order valence-electron chi connectivity index (χ4n) is 4.74. The van der Waals surface area contributed by atoms with Gasteiger partial charge < -0.3 is 14.4 Å². The molecule has 1 saturated carbocycles. The highest BCUT2D eigenvalue weighted by molar-refractivity contribution is 9.10. The first kappa shape index (κ1) is 16.0. The van der Waals surface area contributed by atoms with Crippen molar-refractivity contribution in [2.75, 3.05) is 31.2 Å². The number of pyridine rings is 1. The molecule has 132 valence electrons. The molecule has 0 amide bonds. The smallest absolute Gasteiger partial charge is 0.168 e. The van der Waals surface area contributed by atoms with E-state index in [1.165, 1.54) is 39.3 Å². The summed E-state index contributed by atoms with van der Waals surface area (Å²) >= 11 is 3.80. The van der Waals surface area contributed by atoms with Crippen LogP contribution in [0.3, 0.4) is 0 Å². The molecule has 3 aliphatic rings. The topological polar surface area (TPSA) is 34.6 Å². The van der Waals surface area contributed by atoms with Crippen LogP contribution in [0.4, 0.5) is 5.69 Å². The first-order chi connectivity index (χ1) is 12.2. The fraction of sp³-hybridized carbons (Fsp3) is 0.550. The van der Waals surface area contributed by atoms with Crippen molar-refractivity contribution in [2.45, 2.75) is 37.9 Å². The van der Waals surface area contributed by atoms with Crippen LogP contribution < -0.4 is 4.90 Å². The molecule has 5 heteroatoms. The van der Waals surface area contributed by atoms with Gasteiger partial charge in [0.15, 0.2) is 5.79 Å². The lowest BCUT2D eigenvalue weighted by Crippen LogP contribution is -2.40. The average Bonchev–Trinajstić information content (AvgIpc) is 3.09. The Labute approximate surface area is 156 Å². The predicted octanol–water partition coefficient (Wildman–Crippen LogP) is 4.29. The molecule has 0 atom stereocenters. The summed E-state index contributed by atoms with van der Waals surface area (Å²) in [5.41, 5.74) is 2.73. The van der Waals surface area contributed by atoms with E-state index in [1.807, 2.05) is 12.4 Å². The maximum absolute atomic E-state index is 5.88. The summed E-state index contributed by atoms with van der Waals surface area (Å²) in [7, 11) is 0. The maximum Gasteiger partial charge on any atom is 0.168 e. The molecule has 0 N–H and O–H groups in total. The van der Waals surface area contributed by atoms with E-state index in [0.29, 0.717) is 5.92 Å². The number of rotatable bonds is 2. The summed E-state index contributed by atoms with van der Waals surface area (Å²) in [4.78, 5) is 6.99. The molecular formula is C20H23BrN2O2. The highest BCUT2D eigenvalue weighted by atomic mass is 79.9. The highest BCUT2D eigenvalue weighted by Crippen LogP contribution is 2.42. The largest absolute Gasteiger partial charge is 0.369 e. The summed E-state index contributed by atoms with van der Waals surface area (Å²) in [6.07, 6.45) is 9.55. The van der Waals surface area contributed by atoms with Gasteiger partial charge in [-0.2, -0.15) is 0 Å². The molecule has 2 aromatic rings. The second-order valence-corrected chi connectivity index (χ2v) is 8.39. The Balaban J connectivity index is 1.39. The van der Waals surface area contributed by atoms with E-state index < -0.39 is 0 Å². The number of aromatic nitrogens is 1. The molecule has 25 heavy (non-hydrogen) atoms. The van der Waals surface area contributed by atoms with Crippen molar-refractivity contribution in [3.05, 3.63) is 34.6 Å². The van der Waals surface area contributed by atoms with Crippen molar-refractivity contribution in [3.63, 3.8) is 0 Å². The van der Waals surface area contributed by atoms with Crippen LogP contribution in [0.1, 0.15) is 31.2 Å². The Bertz CT molecular complexity index is 794. The number of ether oxygens (including phenoxy) is 2. The van der Waals surface area contributed by atoms with Gasteiger partial charge in [-0.05, 0) is 52.7 Å². The molecule has 1 spiro atoms. The Morgan fingerprint density at radius 1 is 1.16 bits per heavy atom. The van der Waals surface area contributed by atoms with E-state index in [9.17, 15) is 0 Å². The molecular weight excluding hydrogens is 380 g/mol. The van der Waals surface area contributed by atoms with Crippen LogP contribution in [0.2, 0.25) is 0 Å². The van der Waals surface area contributed by atoms with E-state index >= 15 is 0 Å². The van der Waals surface area contributed by atoms with E-state index in [1.54, 1.807) is 0 Å². The standard InChI is InChI=1S/C20H23BrN2O2/c21-17-2-1-15-11-22-12-16-5-8-23(19(17)18(15)16)13-14-3-6-20(7-4-14)24-9-10-25-20/h1-2,11-12,14H,3-10,13H2. The lowest BCUT2D eigenvalue weighted by molar-refractivity contribution is -0.182. The molecule has 2 fully saturated rings. The van der Waals surface area contributed by atoms with Crippen LogP contribution in [-0.2, 0) is 15.9 Å². The average molecular weight is 403 g/mol. The number of hydrogen-bond donors (Lipinski definition) is 0. The third-order valence-electron chi connectivity index (χ3n) is 6.05. The maximum atomic E-state index is 5.88. The second-order valence-electron chi connectivity index (χ2n) is 7.54. The minimum Gasteiger partial charge on any atom is -0.369 e. The minimum atomic E-state index is -0.253. The molecule has 5 rings (SSSR count). The van der Waals surface area contributed by atoms with Crippen LogP contribution >= 0.6 is 15.9 Å². The first-order valence-electron chi connectivity index (χ1n) is 9.32. The first-order valence-corrected chi connectivity index (χ1v) is 10.1. The summed E-state index contributed by atoms with van der Waals surface area (Å²) in [5, 5.41) is 2.63. The number of halogens is 1. The molecule has 3 heterocycles. The van der Waals surface area contributed by atoms with Crippen molar-refractivity contribution >= 4 is 32.4 Å². The third-order valence-corrected chi connectivity index (χ3v) is 6.69. The van der Waals surface area contributed by atoms with Gasteiger partial charge in [-0.25, -0.2) is 0 Å². The Morgan fingerprint density at radius 2 is 1.96 bits per heavy atom.